The summed E-state index contributed by atoms with van der Waals surface area (Å²) in [6.07, 6.45) is 8.76. The molecule has 4 saturated heterocycles. The van der Waals surface area contributed by atoms with Gasteiger partial charge in [0.2, 0.25) is 10.0 Å². The van der Waals surface area contributed by atoms with Crippen LogP contribution in [0.4, 0.5) is 10.2 Å². The molecule has 0 radical (unpaired) electrons. The number of nitrogens with zero attached hydrogens (tertiary/aromatic N) is 5. The summed E-state index contributed by atoms with van der Waals surface area (Å²) in [4.78, 5) is 18.9. The standard InChI is InChI=1S/C33H37ClFN7O3S/c1-46(43,44)37-15-23-11-13-33(12-4-14-42(23)33)19-45-32-39-30-25(31(40-32)41-17-21-9-10-22(18-41)38-21)16-36-29(28(30)35)24-7-2-5-20-6-3-8-26(34)27(20)24/h2-3,5-8,16,21-23,37-38H,4,9-15,17-19H2,1H3/t21?,22?,23-,33-/m1/s1. The molecule has 2 aromatic carbocycles. The number of aromatic nitrogens is 3. The van der Waals surface area contributed by atoms with E-state index in [9.17, 15) is 8.42 Å². The molecule has 4 fully saturated rings. The normalized spacial score (nSPS) is 26.3. The predicted molar refractivity (Wildman–Crippen MR) is 177 cm³/mol. The van der Waals surface area contributed by atoms with Crippen LogP contribution in [0.5, 0.6) is 6.01 Å². The van der Waals surface area contributed by atoms with E-state index in [1.54, 1.807) is 12.3 Å². The molecule has 4 atom stereocenters. The number of fused-ring (bicyclic) bond motifs is 5. The van der Waals surface area contributed by atoms with Crippen molar-refractivity contribution >= 4 is 49.1 Å². The zero-order valence-electron chi connectivity index (χ0n) is 25.7. The van der Waals surface area contributed by atoms with Crippen LogP contribution in [0.15, 0.2) is 42.6 Å². The Balaban J connectivity index is 1.17. The Morgan fingerprint density at radius 1 is 1.11 bits per heavy atom. The van der Waals surface area contributed by atoms with Gasteiger partial charge in [0.05, 0.1) is 17.2 Å². The lowest BCUT2D eigenvalue weighted by Crippen LogP contribution is -2.51. The highest BCUT2D eigenvalue weighted by Gasteiger charge is 2.50. The van der Waals surface area contributed by atoms with Crippen molar-refractivity contribution < 1.29 is 17.5 Å². The molecule has 0 aliphatic carbocycles. The first-order valence-electron chi connectivity index (χ1n) is 16.1. The Kier molecular flexibility index (Phi) is 7.56. The van der Waals surface area contributed by atoms with Gasteiger partial charge in [-0.15, -0.1) is 0 Å². The molecule has 46 heavy (non-hydrogen) atoms. The summed E-state index contributed by atoms with van der Waals surface area (Å²) in [5.74, 6) is 0.0969. The Labute approximate surface area is 272 Å². The summed E-state index contributed by atoms with van der Waals surface area (Å²) in [5.41, 5.74) is 0.714. The van der Waals surface area contributed by atoms with Crippen LogP contribution in [0.2, 0.25) is 5.02 Å². The molecule has 4 aliphatic heterocycles. The monoisotopic (exact) mass is 665 g/mol. The fourth-order valence-electron chi connectivity index (χ4n) is 8.25. The van der Waals surface area contributed by atoms with E-state index in [1.807, 2.05) is 30.3 Å². The van der Waals surface area contributed by atoms with Crippen molar-refractivity contribution in [2.75, 3.05) is 43.9 Å². The summed E-state index contributed by atoms with van der Waals surface area (Å²) in [6.45, 7) is 3.12. The van der Waals surface area contributed by atoms with Crippen molar-refractivity contribution in [1.29, 1.82) is 0 Å². The van der Waals surface area contributed by atoms with Crippen LogP contribution < -0.4 is 19.7 Å². The number of rotatable bonds is 8. The second-order valence-corrected chi connectivity index (χ2v) is 15.6. The maximum absolute atomic E-state index is 16.7. The first-order chi connectivity index (χ1) is 22.2. The lowest BCUT2D eigenvalue weighted by Gasteiger charge is -2.35. The van der Waals surface area contributed by atoms with E-state index >= 15 is 4.39 Å². The molecule has 242 valence electrons. The maximum Gasteiger partial charge on any atom is 0.319 e. The van der Waals surface area contributed by atoms with Crippen molar-refractivity contribution in [1.82, 2.24) is 29.9 Å². The highest BCUT2D eigenvalue weighted by Crippen LogP contribution is 2.43. The minimum atomic E-state index is -3.28. The number of piperazine rings is 1. The molecule has 4 aliphatic rings. The van der Waals surface area contributed by atoms with Crippen LogP contribution in [0, 0.1) is 5.82 Å². The maximum atomic E-state index is 16.7. The smallest absolute Gasteiger partial charge is 0.319 e. The molecule has 2 bridgehead atoms. The molecule has 8 rings (SSSR count). The second-order valence-electron chi connectivity index (χ2n) is 13.3. The Morgan fingerprint density at radius 3 is 2.67 bits per heavy atom. The van der Waals surface area contributed by atoms with Crippen LogP contribution in [0.25, 0.3) is 32.9 Å². The molecule has 2 unspecified atom stereocenters. The van der Waals surface area contributed by atoms with Crippen LogP contribution >= 0.6 is 11.6 Å². The van der Waals surface area contributed by atoms with Crippen molar-refractivity contribution in [2.45, 2.75) is 62.2 Å². The van der Waals surface area contributed by atoms with E-state index in [0.29, 0.717) is 47.0 Å². The zero-order valence-corrected chi connectivity index (χ0v) is 27.2. The second kappa shape index (κ2) is 11.5. The van der Waals surface area contributed by atoms with Crippen molar-refractivity contribution in [2.24, 2.45) is 0 Å². The van der Waals surface area contributed by atoms with Crippen LogP contribution in [-0.2, 0) is 10.0 Å². The van der Waals surface area contributed by atoms with Gasteiger partial charge in [-0.05, 0) is 56.5 Å². The fourth-order valence-corrected chi connectivity index (χ4v) is 9.03. The number of pyridine rings is 1. The third-order valence-corrected chi connectivity index (χ3v) is 11.4. The number of benzene rings is 2. The van der Waals surface area contributed by atoms with Crippen molar-refractivity contribution in [3.8, 4) is 17.3 Å². The number of halogens is 2. The van der Waals surface area contributed by atoms with Crippen molar-refractivity contribution in [3.05, 3.63) is 53.4 Å². The topological polar surface area (TPSA) is 113 Å². The average molecular weight is 666 g/mol. The lowest BCUT2D eigenvalue weighted by molar-refractivity contribution is 0.0857. The molecule has 13 heteroatoms. The Morgan fingerprint density at radius 2 is 1.89 bits per heavy atom. The first-order valence-corrected chi connectivity index (χ1v) is 18.3. The summed E-state index contributed by atoms with van der Waals surface area (Å²) in [7, 11) is -3.28. The van der Waals surface area contributed by atoms with E-state index < -0.39 is 15.8 Å². The molecule has 6 heterocycles. The van der Waals surface area contributed by atoms with Crippen molar-refractivity contribution in [3.63, 3.8) is 0 Å². The SMILES string of the molecule is CS(=O)(=O)NC[C@H]1CC[C@@]2(COc3nc(N4CC5CCC(C4)N5)c4cnc(-c5cccc6cccc(Cl)c56)c(F)c4n3)CCCN12. The highest BCUT2D eigenvalue weighted by molar-refractivity contribution is 7.88. The van der Waals surface area contributed by atoms with Gasteiger partial charge in [-0.1, -0.05) is 41.9 Å². The number of nitrogens with one attached hydrogen (secondary N) is 2. The molecule has 2 N–H and O–H groups in total. The van der Waals surface area contributed by atoms with Gasteiger partial charge in [-0.3, -0.25) is 9.88 Å². The lowest BCUT2D eigenvalue weighted by atomic mass is 9.95. The molecular formula is C33H37ClFN7O3S. The van der Waals surface area contributed by atoms with Gasteiger partial charge < -0.3 is 15.0 Å². The summed E-state index contributed by atoms with van der Waals surface area (Å²) < 4.78 is 49.4. The zero-order chi connectivity index (χ0) is 31.6. The van der Waals surface area contributed by atoms with Gasteiger partial charge in [0.15, 0.2) is 5.82 Å². The number of hydrogen-bond donors (Lipinski definition) is 2. The number of sulfonamides is 1. The van der Waals surface area contributed by atoms with E-state index in [2.05, 4.69) is 24.8 Å². The van der Waals surface area contributed by atoms with Gasteiger partial charge >= 0.3 is 6.01 Å². The van der Waals surface area contributed by atoms with E-state index in [4.69, 9.17) is 26.3 Å². The molecule has 0 spiro atoms. The van der Waals surface area contributed by atoms with Crippen LogP contribution in [-0.4, -0.2) is 91.0 Å². The first kappa shape index (κ1) is 30.2. The highest BCUT2D eigenvalue weighted by atomic mass is 35.5. The molecule has 0 amide bonds. The molecular weight excluding hydrogens is 629 g/mol. The van der Waals surface area contributed by atoms with Gasteiger partial charge in [0.1, 0.15) is 23.6 Å². The van der Waals surface area contributed by atoms with E-state index in [-0.39, 0.29) is 28.8 Å². The van der Waals surface area contributed by atoms with Gasteiger partial charge in [0.25, 0.3) is 0 Å². The number of hydrogen-bond acceptors (Lipinski definition) is 9. The van der Waals surface area contributed by atoms with E-state index in [0.717, 1.165) is 68.9 Å². The van der Waals surface area contributed by atoms with Crippen LogP contribution in [0.3, 0.4) is 0 Å². The van der Waals surface area contributed by atoms with Gasteiger partial charge in [-0.2, -0.15) is 9.97 Å². The quantitative estimate of drug-likeness (QED) is 0.281. The number of anilines is 1. The molecule has 10 nitrogen and oxygen atoms in total. The molecule has 4 aromatic rings. The van der Waals surface area contributed by atoms with Gasteiger partial charge in [-0.25, -0.2) is 17.5 Å². The third kappa shape index (κ3) is 5.37. The van der Waals surface area contributed by atoms with E-state index in [1.165, 1.54) is 6.26 Å². The molecule has 0 saturated carbocycles. The largest absolute Gasteiger partial charge is 0.461 e. The Hall–Kier alpha value is -3.16. The predicted octanol–water partition coefficient (Wildman–Crippen LogP) is 4.50. The van der Waals surface area contributed by atoms with Crippen LogP contribution in [0.1, 0.15) is 38.5 Å². The summed E-state index contributed by atoms with van der Waals surface area (Å²) in [6, 6.07) is 12.2. The summed E-state index contributed by atoms with van der Waals surface area (Å²) in [5, 5.41) is 6.38. The minimum Gasteiger partial charge on any atom is -0.461 e. The minimum absolute atomic E-state index is 0.101. The number of ether oxygens (including phenoxy) is 1. The summed E-state index contributed by atoms with van der Waals surface area (Å²) >= 11 is 6.62. The average Bonchev–Trinajstić information content (AvgIpc) is 3.71. The fraction of sp³-hybridized carbons (Fsp3) is 0.485. The van der Waals surface area contributed by atoms with Gasteiger partial charge in [0, 0.05) is 59.9 Å². The third-order valence-electron chi connectivity index (χ3n) is 10.4. The Bertz CT molecular complexity index is 1930. The molecule has 2 aromatic heterocycles.